The minimum atomic E-state index is 0.158. The highest BCUT2D eigenvalue weighted by Gasteiger charge is 2.38. The molecule has 3 heteroatoms. The van der Waals surface area contributed by atoms with Crippen molar-refractivity contribution in [2.45, 2.75) is 70.9 Å². The lowest BCUT2D eigenvalue weighted by atomic mass is 9.68. The Bertz CT molecular complexity index is 288. The summed E-state index contributed by atoms with van der Waals surface area (Å²) in [6, 6.07) is 0.394. The van der Waals surface area contributed by atoms with E-state index in [9.17, 15) is 4.79 Å². The topological polar surface area (TPSA) is 55.1 Å². The number of nitrogens with one attached hydrogen (secondary N) is 1. The highest BCUT2D eigenvalue weighted by molar-refractivity contribution is 5.80. The van der Waals surface area contributed by atoms with E-state index in [-0.39, 0.29) is 29.3 Å². The Balaban J connectivity index is 1.94. The number of carbonyl (C=O) groups excluding carboxylic acids is 1. The molecule has 3 nitrogen and oxygen atoms in total. The van der Waals surface area contributed by atoms with Crippen LogP contribution in [0.4, 0.5) is 0 Å². The first kappa shape index (κ1) is 12.9. The van der Waals surface area contributed by atoms with Crippen LogP contribution in [0.25, 0.3) is 0 Å². The molecule has 3 unspecified atom stereocenters. The van der Waals surface area contributed by atoms with E-state index in [1.54, 1.807) is 0 Å². The van der Waals surface area contributed by atoms with Crippen molar-refractivity contribution in [1.82, 2.24) is 5.32 Å². The lowest BCUT2D eigenvalue weighted by Crippen LogP contribution is -2.49. The largest absolute Gasteiger partial charge is 0.352 e. The smallest absolute Gasteiger partial charge is 0.223 e. The highest BCUT2D eigenvalue weighted by atomic mass is 16.2. The maximum Gasteiger partial charge on any atom is 0.223 e. The molecule has 0 heterocycles. The van der Waals surface area contributed by atoms with Gasteiger partial charge < -0.3 is 11.1 Å². The van der Waals surface area contributed by atoms with E-state index in [4.69, 9.17) is 5.73 Å². The van der Waals surface area contributed by atoms with Gasteiger partial charge in [-0.2, -0.15) is 0 Å². The molecule has 17 heavy (non-hydrogen) atoms. The molecule has 98 valence electrons. The summed E-state index contributed by atoms with van der Waals surface area (Å²) in [5.41, 5.74) is 6.17. The van der Waals surface area contributed by atoms with Gasteiger partial charge in [0.25, 0.3) is 0 Å². The number of amides is 1. The van der Waals surface area contributed by atoms with Crippen molar-refractivity contribution in [2.24, 2.45) is 17.1 Å². The monoisotopic (exact) mass is 238 g/mol. The summed E-state index contributed by atoms with van der Waals surface area (Å²) in [5, 5.41) is 3.19. The Kier molecular flexibility index (Phi) is 3.76. The minimum Gasteiger partial charge on any atom is -0.352 e. The molecule has 3 N–H and O–H groups in total. The Hall–Kier alpha value is -0.570. The first-order valence-electron chi connectivity index (χ1n) is 7.07. The molecule has 0 saturated heterocycles. The van der Waals surface area contributed by atoms with E-state index in [1.165, 1.54) is 19.3 Å². The van der Waals surface area contributed by atoms with Crippen molar-refractivity contribution in [3.05, 3.63) is 0 Å². The van der Waals surface area contributed by atoms with Gasteiger partial charge in [0.2, 0.25) is 5.91 Å². The van der Waals surface area contributed by atoms with Gasteiger partial charge in [0.05, 0.1) is 0 Å². The zero-order chi connectivity index (χ0) is 12.5. The van der Waals surface area contributed by atoms with Gasteiger partial charge in [0.15, 0.2) is 0 Å². The van der Waals surface area contributed by atoms with Crippen molar-refractivity contribution in [3.8, 4) is 0 Å². The number of carbonyl (C=O) groups is 1. The van der Waals surface area contributed by atoms with E-state index in [2.05, 4.69) is 19.2 Å². The van der Waals surface area contributed by atoms with Gasteiger partial charge in [0.1, 0.15) is 0 Å². The van der Waals surface area contributed by atoms with E-state index in [1.807, 2.05) is 0 Å². The van der Waals surface area contributed by atoms with Gasteiger partial charge >= 0.3 is 0 Å². The molecule has 0 aliphatic heterocycles. The van der Waals surface area contributed by atoms with Gasteiger partial charge in [-0.3, -0.25) is 4.79 Å². The van der Waals surface area contributed by atoms with Crippen LogP contribution in [0.15, 0.2) is 0 Å². The molecular formula is C14H26N2O. The maximum absolute atomic E-state index is 12.3. The fraction of sp³-hybridized carbons (Fsp3) is 0.929. The summed E-state index contributed by atoms with van der Waals surface area (Å²) in [5.74, 6) is 0.432. The van der Waals surface area contributed by atoms with Gasteiger partial charge in [-0.05, 0) is 37.5 Å². The van der Waals surface area contributed by atoms with Gasteiger partial charge in [-0.25, -0.2) is 0 Å². The average molecular weight is 238 g/mol. The third-order valence-corrected chi connectivity index (χ3v) is 4.72. The fourth-order valence-corrected chi connectivity index (χ4v) is 3.43. The Morgan fingerprint density at radius 1 is 1.18 bits per heavy atom. The Labute approximate surface area is 105 Å². The molecule has 0 aromatic rings. The molecule has 0 radical (unpaired) electrons. The molecule has 2 aliphatic carbocycles. The van der Waals surface area contributed by atoms with Gasteiger partial charge in [0, 0.05) is 18.0 Å². The summed E-state index contributed by atoms with van der Waals surface area (Å²) >= 11 is 0. The van der Waals surface area contributed by atoms with Crippen LogP contribution >= 0.6 is 0 Å². The maximum atomic E-state index is 12.3. The number of hydrogen-bond donors (Lipinski definition) is 2. The van der Waals surface area contributed by atoms with Crippen LogP contribution in [0.1, 0.15) is 58.8 Å². The standard InChI is InChI=1S/C14H26N2O/c1-14(2)9-4-3-6-10(14)13(17)16-12-8-5-7-11(12)15/h10-12H,3-9,15H2,1-2H3,(H,16,17). The number of rotatable bonds is 2. The van der Waals surface area contributed by atoms with Crippen LogP contribution in [0.3, 0.4) is 0 Å². The lowest BCUT2D eigenvalue weighted by molar-refractivity contribution is -0.131. The van der Waals surface area contributed by atoms with Crippen molar-refractivity contribution in [3.63, 3.8) is 0 Å². The summed E-state index contributed by atoms with van der Waals surface area (Å²) in [7, 11) is 0. The minimum absolute atomic E-state index is 0.158. The molecule has 0 bridgehead atoms. The van der Waals surface area contributed by atoms with Crippen LogP contribution in [-0.4, -0.2) is 18.0 Å². The normalized spacial score (nSPS) is 36.8. The van der Waals surface area contributed by atoms with E-state index >= 15 is 0 Å². The molecule has 3 atom stereocenters. The molecule has 2 saturated carbocycles. The van der Waals surface area contributed by atoms with Crippen molar-refractivity contribution in [2.75, 3.05) is 0 Å². The summed E-state index contributed by atoms with van der Waals surface area (Å²) in [6.07, 6.45) is 7.93. The van der Waals surface area contributed by atoms with Crippen molar-refractivity contribution in [1.29, 1.82) is 0 Å². The molecule has 0 aromatic carbocycles. The van der Waals surface area contributed by atoms with Crippen LogP contribution in [0, 0.1) is 11.3 Å². The quantitative estimate of drug-likeness (QED) is 0.775. The second kappa shape index (κ2) is 4.97. The van der Waals surface area contributed by atoms with Crippen LogP contribution < -0.4 is 11.1 Å². The van der Waals surface area contributed by atoms with Crippen LogP contribution in [0.5, 0.6) is 0 Å². The van der Waals surface area contributed by atoms with E-state index < -0.39 is 0 Å². The average Bonchev–Trinajstić information content (AvgIpc) is 2.63. The first-order valence-corrected chi connectivity index (χ1v) is 7.07. The first-order chi connectivity index (χ1) is 8.00. The molecule has 2 aliphatic rings. The number of nitrogens with two attached hydrogens (primary N) is 1. The second-order valence-electron chi connectivity index (χ2n) is 6.50. The van der Waals surface area contributed by atoms with Crippen LogP contribution in [-0.2, 0) is 4.79 Å². The summed E-state index contributed by atoms with van der Waals surface area (Å²) in [4.78, 5) is 12.3. The zero-order valence-corrected chi connectivity index (χ0v) is 11.2. The van der Waals surface area contributed by atoms with Crippen LogP contribution in [0.2, 0.25) is 0 Å². The van der Waals surface area contributed by atoms with Gasteiger partial charge in [-0.1, -0.05) is 26.7 Å². The Morgan fingerprint density at radius 3 is 2.53 bits per heavy atom. The van der Waals surface area contributed by atoms with Crippen molar-refractivity contribution < 1.29 is 4.79 Å². The second-order valence-corrected chi connectivity index (χ2v) is 6.50. The zero-order valence-electron chi connectivity index (χ0n) is 11.2. The third-order valence-electron chi connectivity index (χ3n) is 4.72. The third kappa shape index (κ3) is 2.82. The molecular weight excluding hydrogens is 212 g/mol. The van der Waals surface area contributed by atoms with E-state index in [0.717, 1.165) is 25.7 Å². The van der Waals surface area contributed by atoms with Gasteiger partial charge in [-0.15, -0.1) is 0 Å². The Morgan fingerprint density at radius 2 is 1.94 bits per heavy atom. The molecule has 1 amide bonds. The predicted octanol–water partition coefficient (Wildman–Crippen LogP) is 2.20. The number of hydrogen-bond acceptors (Lipinski definition) is 2. The molecule has 2 fully saturated rings. The molecule has 2 rings (SSSR count). The summed E-state index contributed by atoms with van der Waals surface area (Å²) < 4.78 is 0. The molecule has 0 aromatic heterocycles. The van der Waals surface area contributed by atoms with Crippen molar-refractivity contribution >= 4 is 5.91 Å². The van der Waals surface area contributed by atoms with E-state index in [0.29, 0.717) is 0 Å². The summed E-state index contributed by atoms with van der Waals surface area (Å²) in [6.45, 7) is 4.45. The predicted molar refractivity (Wildman–Crippen MR) is 69.5 cm³/mol. The lowest BCUT2D eigenvalue weighted by Gasteiger charge is -2.38. The fourth-order valence-electron chi connectivity index (χ4n) is 3.43. The SMILES string of the molecule is CC1(C)CCCCC1C(=O)NC1CCCC1N. The molecule has 0 spiro atoms. The highest BCUT2D eigenvalue weighted by Crippen LogP contribution is 2.40.